The summed E-state index contributed by atoms with van der Waals surface area (Å²) < 4.78 is 68.6. The van der Waals surface area contributed by atoms with Gasteiger partial charge >= 0.3 is 6.18 Å². The smallest absolute Gasteiger partial charge is 0.454 e. The first kappa shape index (κ1) is 17.4. The van der Waals surface area contributed by atoms with Crippen LogP contribution in [0.3, 0.4) is 0 Å². The summed E-state index contributed by atoms with van der Waals surface area (Å²) in [6.07, 6.45) is -1.84. The summed E-state index contributed by atoms with van der Waals surface area (Å²) >= 11 is 0. The van der Waals surface area contributed by atoms with Crippen molar-refractivity contribution in [3.8, 4) is 5.75 Å². The van der Waals surface area contributed by atoms with E-state index in [1.54, 1.807) is 0 Å². The van der Waals surface area contributed by atoms with E-state index in [9.17, 15) is 26.7 Å². The molecule has 1 aromatic rings. The van der Waals surface area contributed by atoms with Crippen molar-refractivity contribution in [2.75, 3.05) is 6.61 Å². The molecule has 0 saturated heterocycles. The molecule has 0 heterocycles. The van der Waals surface area contributed by atoms with E-state index in [-0.39, 0.29) is 6.61 Å². The summed E-state index contributed by atoms with van der Waals surface area (Å²) in [7, 11) is 0. The number of halogens is 5. The van der Waals surface area contributed by atoms with Gasteiger partial charge in [0.25, 0.3) is 5.78 Å². The number of ether oxygens (including phenoxy) is 1. The van der Waals surface area contributed by atoms with Crippen LogP contribution in [0.5, 0.6) is 5.75 Å². The largest absolute Gasteiger partial charge is 0.488 e. The van der Waals surface area contributed by atoms with Crippen molar-refractivity contribution in [2.45, 2.75) is 38.8 Å². The average molecular weight is 310 g/mol. The first-order valence-electron chi connectivity index (χ1n) is 6.50. The summed E-state index contributed by atoms with van der Waals surface area (Å²) in [5, 5.41) is 0. The Morgan fingerprint density at radius 1 is 1.10 bits per heavy atom. The Morgan fingerprint density at radius 2 is 1.67 bits per heavy atom. The molecule has 0 aliphatic heterocycles. The van der Waals surface area contributed by atoms with Gasteiger partial charge in [-0.15, -0.1) is 0 Å². The number of carbonyl (C=O) groups excluding carboxylic acids is 1. The SMILES string of the molecule is CCCCCCOc1c(F)cc(C(=O)C(F)(F)F)cc1F. The third kappa shape index (κ3) is 4.99. The minimum absolute atomic E-state index is 0.0560. The van der Waals surface area contributed by atoms with Crippen LogP contribution in [-0.4, -0.2) is 18.6 Å². The van der Waals surface area contributed by atoms with Gasteiger partial charge in [-0.05, 0) is 18.6 Å². The van der Waals surface area contributed by atoms with Crippen LogP contribution in [-0.2, 0) is 0 Å². The molecule has 0 fully saturated rings. The highest BCUT2D eigenvalue weighted by Crippen LogP contribution is 2.28. The number of alkyl halides is 3. The van der Waals surface area contributed by atoms with Crippen molar-refractivity contribution in [2.24, 2.45) is 0 Å². The van der Waals surface area contributed by atoms with Crippen LogP contribution in [0, 0.1) is 11.6 Å². The maximum atomic E-state index is 13.6. The third-order valence-corrected chi connectivity index (χ3v) is 2.76. The predicted octanol–water partition coefficient (Wildman–Crippen LogP) is 4.67. The minimum atomic E-state index is -5.18. The molecule has 0 aliphatic rings. The summed E-state index contributed by atoms with van der Waals surface area (Å²) in [5.74, 6) is -5.70. The fourth-order valence-electron chi connectivity index (χ4n) is 1.70. The lowest BCUT2D eigenvalue weighted by molar-refractivity contribution is -0.0885. The molecule has 0 amide bonds. The summed E-state index contributed by atoms with van der Waals surface area (Å²) in [4.78, 5) is 10.9. The lowest BCUT2D eigenvalue weighted by atomic mass is 10.1. The Kier molecular flexibility index (Phi) is 6.11. The van der Waals surface area contributed by atoms with Gasteiger partial charge in [-0.1, -0.05) is 26.2 Å². The van der Waals surface area contributed by atoms with Gasteiger partial charge in [-0.25, -0.2) is 8.78 Å². The Hall–Kier alpha value is -1.66. The summed E-state index contributed by atoms with van der Waals surface area (Å²) in [6, 6.07) is 0.667. The van der Waals surface area contributed by atoms with Gasteiger partial charge in [0.1, 0.15) is 0 Å². The van der Waals surface area contributed by atoms with Crippen molar-refractivity contribution in [1.82, 2.24) is 0 Å². The molecule has 1 rings (SSSR count). The van der Waals surface area contributed by atoms with Gasteiger partial charge in [-0.3, -0.25) is 4.79 Å². The highest BCUT2D eigenvalue weighted by molar-refractivity contribution is 6.00. The van der Waals surface area contributed by atoms with Gasteiger partial charge < -0.3 is 4.74 Å². The minimum Gasteiger partial charge on any atom is -0.488 e. The first-order chi connectivity index (χ1) is 9.77. The van der Waals surface area contributed by atoms with Crippen LogP contribution in [0.2, 0.25) is 0 Å². The van der Waals surface area contributed by atoms with E-state index >= 15 is 0 Å². The highest BCUT2D eigenvalue weighted by Gasteiger charge is 2.40. The van der Waals surface area contributed by atoms with E-state index in [2.05, 4.69) is 0 Å². The maximum Gasteiger partial charge on any atom is 0.454 e. The highest BCUT2D eigenvalue weighted by atomic mass is 19.4. The number of unbranched alkanes of at least 4 members (excludes halogenated alkanes) is 3. The van der Waals surface area contributed by atoms with Crippen molar-refractivity contribution in [3.05, 3.63) is 29.3 Å². The van der Waals surface area contributed by atoms with Crippen molar-refractivity contribution in [3.63, 3.8) is 0 Å². The van der Waals surface area contributed by atoms with Crippen LogP contribution in [0.25, 0.3) is 0 Å². The monoisotopic (exact) mass is 310 g/mol. The summed E-state index contributed by atoms with van der Waals surface area (Å²) in [6.45, 7) is 2.05. The molecule has 0 unspecified atom stereocenters. The molecule has 0 saturated carbocycles. The fraction of sp³-hybridized carbons (Fsp3) is 0.500. The molecule has 0 radical (unpaired) electrons. The predicted molar refractivity (Wildman–Crippen MR) is 66.4 cm³/mol. The van der Waals surface area contributed by atoms with Gasteiger partial charge in [0.15, 0.2) is 17.4 Å². The Labute approximate surface area is 118 Å². The molecular weight excluding hydrogens is 295 g/mol. The van der Waals surface area contributed by atoms with E-state index in [4.69, 9.17) is 4.74 Å². The Morgan fingerprint density at radius 3 is 2.14 bits per heavy atom. The fourth-order valence-corrected chi connectivity index (χ4v) is 1.70. The standard InChI is InChI=1S/C14H15F5O2/c1-2-3-4-5-6-21-12-10(15)7-9(8-11(12)16)13(20)14(17,18)19/h7-8H,2-6H2,1H3. The molecule has 0 aliphatic carbocycles. The van der Waals surface area contributed by atoms with Crippen LogP contribution in [0.15, 0.2) is 12.1 Å². The first-order valence-corrected chi connectivity index (χ1v) is 6.50. The Balaban J connectivity index is 2.79. The van der Waals surface area contributed by atoms with Crippen molar-refractivity contribution < 1.29 is 31.5 Å². The lowest BCUT2D eigenvalue weighted by Crippen LogP contribution is -2.23. The van der Waals surface area contributed by atoms with E-state index in [0.29, 0.717) is 18.6 Å². The molecule has 0 bridgehead atoms. The lowest BCUT2D eigenvalue weighted by Gasteiger charge is -2.10. The zero-order chi connectivity index (χ0) is 16.0. The Bertz CT molecular complexity index is 474. The van der Waals surface area contributed by atoms with E-state index in [1.165, 1.54) is 0 Å². The van der Waals surface area contributed by atoms with Crippen LogP contribution in [0.1, 0.15) is 43.0 Å². The molecule has 0 atom stereocenters. The van der Waals surface area contributed by atoms with Crippen LogP contribution < -0.4 is 4.74 Å². The second kappa shape index (κ2) is 7.38. The van der Waals surface area contributed by atoms with Crippen molar-refractivity contribution >= 4 is 5.78 Å². The molecule has 21 heavy (non-hydrogen) atoms. The summed E-state index contributed by atoms with van der Waals surface area (Å²) in [5.41, 5.74) is -1.09. The van der Waals surface area contributed by atoms with Crippen molar-refractivity contribution in [1.29, 1.82) is 0 Å². The zero-order valence-electron chi connectivity index (χ0n) is 11.4. The van der Waals surface area contributed by atoms with Crippen LogP contribution in [0.4, 0.5) is 22.0 Å². The van der Waals surface area contributed by atoms with Gasteiger partial charge in [-0.2, -0.15) is 13.2 Å². The van der Waals surface area contributed by atoms with Gasteiger partial charge in [0.2, 0.25) is 0 Å². The quantitative estimate of drug-likeness (QED) is 0.415. The number of hydrogen-bond acceptors (Lipinski definition) is 2. The number of Topliss-reactive ketones (excluding diaryl/α,β-unsaturated/α-hetero) is 1. The number of ketones is 1. The third-order valence-electron chi connectivity index (χ3n) is 2.76. The molecule has 118 valence electrons. The second-order valence-corrected chi connectivity index (χ2v) is 4.51. The molecular formula is C14H15F5O2. The average Bonchev–Trinajstić information content (AvgIpc) is 2.39. The maximum absolute atomic E-state index is 13.6. The molecule has 0 spiro atoms. The topological polar surface area (TPSA) is 26.3 Å². The normalized spacial score (nSPS) is 11.5. The number of rotatable bonds is 7. The molecule has 2 nitrogen and oxygen atoms in total. The van der Waals surface area contributed by atoms with Gasteiger partial charge in [0, 0.05) is 5.56 Å². The molecule has 1 aromatic carbocycles. The van der Waals surface area contributed by atoms with Gasteiger partial charge in [0.05, 0.1) is 6.61 Å². The van der Waals surface area contributed by atoms with E-state index in [0.717, 1.165) is 19.3 Å². The van der Waals surface area contributed by atoms with E-state index in [1.807, 2.05) is 6.92 Å². The zero-order valence-corrected chi connectivity index (χ0v) is 11.4. The number of hydrogen-bond donors (Lipinski definition) is 0. The second-order valence-electron chi connectivity index (χ2n) is 4.51. The molecule has 0 aromatic heterocycles. The number of benzene rings is 1. The molecule has 0 N–H and O–H groups in total. The van der Waals surface area contributed by atoms with E-state index < -0.39 is 34.9 Å². The molecule has 7 heteroatoms. The number of carbonyl (C=O) groups is 1. The van der Waals surface area contributed by atoms with Crippen LogP contribution >= 0.6 is 0 Å².